The van der Waals surface area contributed by atoms with E-state index >= 15 is 0 Å². The molecule has 10 atom stereocenters. The van der Waals surface area contributed by atoms with Crippen molar-refractivity contribution in [3.63, 3.8) is 0 Å². The standard InChI is InChI=1S/C31H38O19S4/c1-11(32)41-9-19-21(43-13(3)34)23(45-15(5)36)25(47-17(7)38)27(49-19)51-29-30(54-31(40)53-29)52-28-26(48-18(8)39)24(46-16(6)37)22(44-14(4)35)20(50-28)10-42-12(2)33/h19-28H,9-10H2,1-8H3/t19-,20-,21-,22-,23+,24+,25-,26-,27+,28+/m0/s1. The molecule has 3 rings (SSSR count). The van der Waals surface area contributed by atoms with Crippen LogP contribution < -0.4 is 4.06 Å². The Morgan fingerprint density at radius 3 is 1.02 bits per heavy atom. The van der Waals surface area contributed by atoms with E-state index in [2.05, 4.69) is 0 Å². The molecule has 0 aromatic carbocycles. The van der Waals surface area contributed by atoms with E-state index in [1.807, 2.05) is 0 Å². The third-order valence-electron chi connectivity index (χ3n) is 6.86. The summed E-state index contributed by atoms with van der Waals surface area (Å²) < 4.78 is 55.5. The highest BCUT2D eigenvalue weighted by Gasteiger charge is 2.54. The quantitative estimate of drug-likeness (QED) is 0.190. The van der Waals surface area contributed by atoms with E-state index in [1.165, 1.54) is 0 Å². The van der Waals surface area contributed by atoms with E-state index in [-0.39, 0.29) is 8.42 Å². The van der Waals surface area contributed by atoms with Crippen LogP contribution >= 0.6 is 46.2 Å². The van der Waals surface area contributed by atoms with Gasteiger partial charge in [0.05, 0.1) is 8.42 Å². The Morgan fingerprint density at radius 2 is 0.741 bits per heavy atom. The van der Waals surface area contributed by atoms with Gasteiger partial charge in [-0.3, -0.25) is 43.2 Å². The summed E-state index contributed by atoms with van der Waals surface area (Å²) in [5.41, 5.74) is -2.60. The van der Waals surface area contributed by atoms with Crippen LogP contribution in [0.4, 0.5) is 0 Å². The maximum atomic E-state index is 13.0. The lowest BCUT2D eigenvalue weighted by Gasteiger charge is -2.44. The van der Waals surface area contributed by atoms with Crippen LogP contribution in [0.25, 0.3) is 0 Å². The summed E-state index contributed by atoms with van der Waals surface area (Å²) in [5.74, 6) is -6.42. The van der Waals surface area contributed by atoms with E-state index in [9.17, 15) is 43.2 Å². The van der Waals surface area contributed by atoms with Crippen LogP contribution in [-0.2, 0) is 85.7 Å². The summed E-state index contributed by atoms with van der Waals surface area (Å²) in [6.07, 6.45) is -11.2. The lowest BCUT2D eigenvalue weighted by atomic mass is 9.99. The number of hydrogen-bond donors (Lipinski definition) is 0. The minimum absolute atomic E-state index is 0.226. The van der Waals surface area contributed by atoms with Gasteiger partial charge < -0.3 is 47.4 Å². The number of ether oxygens (including phenoxy) is 10. The molecule has 2 saturated heterocycles. The maximum absolute atomic E-state index is 13.0. The van der Waals surface area contributed by atoms with E-state index in [1.54, 1.807) is 0 Å². The van der Waals surface area contributed by atoms with Crippen molar-refractivity contribution < 1.29 is 85.7 Å². The van der Waals surface area contributed by atoms with Crippen molar-refractivity contribution in [3.8, 4) is 0 Å². The number of carbonyl (C=O) groups excluding carboxylic acids is 8. The van der Waals surface area contributed by atoms with Crippen LogP contribution in [0.15, 0.2) is 13.2 Å². The van der Waals surface area contributed by atoms with Crippen molar-refractivity contribution in [2.45, 2.75) is 124 Å². The second-order valence-electron chi connectivity index (χ2n) is 11.4. The molecular formula is C31H38O19S4. The lowest BCUT2D eigenvalue weighted by molar-refractivity contribution is -0.237. The summed E-state index contributed by atoms with van der Waals surface area (Å²) in [6.45, 7) is 7.73. The van der Waals surface area contributed by atoms with Crippen molar-refractivity contribution in [3.05, 3.63) is 8.85 Å². The fraction of sp³-hybridized carbons (Fsp3) is 0.645. The highest BCUT2D eigenvalue weighted by molar-refractivity contribution is 8.05. The van der Waals surface area contributed by atoms with Crippen molar-refractivity contribution in [2.24, 2.45) is 0 Å². The molecule has 54 heavy (non-hydrogen) atoms. The molecule has 0 radical (unpaired) electrons. The Labute approximate surface area is 324 Å². The molecule has 0 N–H and O–H groups in total. The molecule has 3 heterocycles. The van der Waals surface area contributed by atoms with E-state index < -0.39 is 125 Å². The van der Waals surface area contributed by atoms with Crippen LogP contribution in [0.3, 0.4) is 0 Å². The highest BCUT2D eigenvalue weighted by atomic mass is 32.2. The molecule has 0 spiro atoms. The maximum Gasteiger partial charge on any atom is 0.303 e. The lowest BCUT2D eigenvalue weighted by Crippen LogP contribution is -2.61. The average molecular weight is 843 g/mol. The Kier molecular flexibility index (Phi) is 16.7. The van der Waals surface area contributed by atoms with Gasteiger partial charge in [0.25, 0.3) is 4.06 Å². The Balaban J connectivity index is 2.10. The molecule has 0 amide bonds. The van der Waals surface area contributed by atoms with Crippen LogP contribution in [-0.4, -0.2) is 121 Å². The first kappa shape index (κ1) is 44.6. The smallest absolute Gasteiger partial charge is 0.303 e. The van der Waals surface area contributed by atoms with Gasteiger partial charge in [0.1, 0.15) is 36.3 Å². The number of carbonyl (C=O) groups is 8. The first-order valence-corrected chi connectivity index (χ1v) is 19.2. The zero-order chi connectivity index (χ0) is 40.4. The first-order chi connectivity index (χ1) is 25.2. The summed E-state index contributed by atoms with van der Waals surface area (Å²) >= 11 is 3.15. The predicted molar refractivity (Wildman–Crippen MR) is 184 cm³/mol. The SMILES string of the molecule is CC(=O)OC[C@@H]1O[C@H](Sc2sc(=O)sc2S[C@H]2O[C@@H](COC(C)=O)[C@H](OC(C)=O)[C@@H](OC(C)=O)[C@@H]2OC(C)=O)[C@@H](OC(C)=O)[C@H](OC(C)=O)[C@H]1OC(C)=O. The van der Waals surface area contributed by atoms with E-state index in [4.69, 9.17) is 47.4 Å². The molecule has 2 fully saturated rings. The minimum Gasteiger partial charge on any atom is -0.463 e. The number of esters is 8. The van der Waals surface area contributed by atoms with Crippen LogP contribution in [0.1, 0.15) is 55.4 Å². The van der Waals surface area contributed by atoms with Crippen molar-refractivity contribution >= 4 is 94.0 Å². The monoisotopic (exact) mass is 842 g/mol. The molecule has 2 aliphatic heterocycles. The minimum atomic E-state index is -1.48. The fourth-order valence-electron chi connectivity index (χ4n) is 5.18. The molecule has 0 unspecified atom stereocenters. The van der Waals surface area contributed by atoms with Gasteiger partial charge in [-0.25, -0.2) is 0 Å². The summed E-state index contributed by atoms with van der Waals surface area (Å²) in [6, 6.07) is 0. The topological polar surface area (TPSA) is 246 Å². The van der Waals surface area contributed by atoms with E-state index in [0.717, 1.165) is 102 Å². The van der Waals surface area contributed by atoms with Gasteiger partial charge in [-0.2, -0.15) is 0 Å². The summed E-state index contributed by atoms with van der Waals surface area (Å²) in [7, 11) is 0. The molecule has 19 nitrogen and oxygen atoms in total. The number of hydrogen-bond acceptors (Lipinski definition) is 23. The van der Waals surface area contributed by atoms with Crippen molar-refractivity contribution in [2.75, 3.05) is 13.2 Å². The van der Waals surface area contributed by atoms with Gasteiger partial charge in [0.15, 0.2) is 36.6 Å². The number of thioether (sulfide) groups is 2. The normalized spacial score (nSPS) is 27.7. The van der Waals surface area contributed by atoms with Crippen LogP contribution in [0, 0.1) is 0 Å². The van der Waals surface area contributed by atoms with E-state index in [0.29, 0.717) is 0 Å². The zero-order valence-corrected chi connectivity index (χ0v) is 33.3. The van der Waals surface area contributed by atoms with Crippen LogP contribution in [0.2, 0.25) is 0 Å². The third kappa shape index (κ3) is 13.2. The predicted octanol–water partition coefficient (Wildman–Crippen LogP) is 1.52. The molecule has 300 valence electrons. The Bertz CT molecular complexity index is 1520. The molecule has 2 aliphatic rings. The van der Waals surface area contributed by atoms with Gasteiger partial charge in [-0.05, 0) is 0 Å². The zero-order valence-electron chi connectivity index (χ0n) is 30.1. The molecule has 23 heteroatoms. The Morgan fingerprint density at radius 1 is 0.463 bits per heavy atom. The molecule has 0 saturated carbocycles. The molecule has 0 bridgehead atoms. The molecule has 1 aromatic heterocycles. The Hall–Kier alpha value is -3.77. The largest absolute Gasteiger partial charge is 0.463 e. The summed E-state index contributed by atoms with van der Waals surface area (Å²) in [4.78, 5) is 110. The first-order valence-electron chi connectivity index (χ1n) is 15.8. The summed E-state index contributed by atoms with van der Waals surface area (Å²) in [5, 5.41) is 0. The van der Waals surface area contributed by atoms with Crippen molar-refractivity contribution in [1.29, 1.82) is 0 Å². The second kappa shape index (κ2) is 20.2. The highest BCUT2D eigenvalue weighted by Crippen LogP contribution is 2.47. The van der Waals surface area contributed by atoms with Gasteiger partial charge in [-0.1, -0.05) is 46.2 Å². The van der Waals surface area contributed by atoms with Gasteiger partial charge in [-0.15, -0.1) is 0 Å². The molecule has 0 aliphatic carbocycles. The average Bonchev–Trinajstić information content (AvgIpc) is 3.37. The number of rotatable bonds is 14. The van der Waals surface area contributed by atoms with Crippen LogP contribution in [0.5, 0.6) is 0 Å². The van der Waals surface area contributed by atoms with Crippen molar-refractivity contribution in [1.82, 2.24) is 0 Å². The third-order valence-corrected chi connectivity index (χ3v) is 12.1. The molecular weight excluding hydrogens is 805 g/mol. The molecule has 1 aromatic rings. The van der Waals surface area contributed by atoms with Gasteiger partial charge >= 0.3 is 47.8 Å². The fourth-order valence-corrected chi connectivity index (χ4v) is 10.8. The van der Waals surface area contributed by atoms with Gasteiger partial charge in [0, 0.05) is 55.4 Å². The van der Waals surface area contributed by atoms with Gasteiger partial charge in [0.2, 0.25) is 0 Å². The second-order valence-corrected chi connectivity index (χ2v) is 16.4.